The van der Waals surface area contributed by atoms with E-state index in [1.165, 1.54) is 42.5 Å². The monoisotopic (exact) mass is 380 g/mol. The highest BCUT2D eigenvalue weighted by molar-refractivity contribution is 7.85. The fraction of sp³-hybridized carbons (Fsp3) is 0.125. The van der Waals surface area contributed by atoms with E-state index in [1.807, 2.05) is 0 Å². The van der Waals surface area contributed by atoms with Gasteiger partial charge in [0, 0.05) is 11.4 Å². The molecule has 0 unspecified atom stereocenters. The summed E-state index contributed by atoms with van der Waals surface area (Å²) in [5.74, 6) is 0.246. The number of amides is 2. The first-order valence-electron chi connectivity index (χ1n) is 7.38. The molecule has 0 bridgehead atoms. The quantitative estimate of drug-likeness (QED) is 0.412. The van der Waals surface area contributed by atoms with Crippen LogP contribution in [-0.4, -0.2) is 31.8 Å². The van der Waals surface area contributed by atoms with Crippen molar-refractivity contribution in [3.8, 4) is 5.75 Å². The Morgan fingerprint density at radius 2 is 1.69 bits per heavy atom. The van der Waals surface area contributed by atoms with Crippen LogP contribution in [0.1, 0.15) is 6.92 Å². The summed E-state index contributed by atoms with van der Waals surface area (Å²) in [6.07, 6.45) is -0.829. The third kappa shape index (κ3) is 5.76. The molecule has 0 heterocycles. The number of anilines is 2. The van der Waals surface area contributed by atoms with Gasteiger partial charge in [0.15, 0.2) is 0 Å². The van der Waals surface area contributed by atoms with Crippen molar-refractivity contribution >= 4 is 33.7 Å². The van der Waals surface area contributed by atoms with Gasteiger partial charge in [0.2, 0.25) is 0 Å². The molecule has 2 aromatic carbocycles. The predicted molar refractivity (Wildman–Crippen MR) is 93.0 cm³/mol. The van der Waals surface area contributed by atoms with Crippen LogP contribution >= 0.6 is 0 Å². The number of rotatable bonds is 5. The van der Waals surface area contributed by atoms with Crippen LogP contribution in [0.2, 0.25) is 0 Å². The molecule has 9 nitrogen and oxygen atoms in total. The lowest BCUT2D eigenvalue weighted by molar-refractivity contribution is 0.104. The highest BCUT2D eigenvalue weighted by Gasteiger charge is 2.11. The van der Waals surface area contributed by atoms with Crippen LogP contribution in [0.5, 0.6) is 5.75 Å². The molecular weight excluding hydrogens is 364 g/mol. The molecule has 0 aliphatic heterocycles. The van der Waals surface area contributed by atoms with E-state index in [9.17, 15) is 18.0 Å². The lowest BCUT2D eigenvalue weighted by atomic mass is 10.3. The number of carbonyl (C=O) groups excluding carboxylic acids is 2. The topological polar surface area (TPSA) is 131 Å². The van der Waals surface area contributed by atoms with Crippen LogP contribution < -0.4 is 15.4 Å². The largest absolute Gasteiger partial charge is 0.513 e. The van der Waals surface area contributed by atoms with Gasteiger partial charge in [0.25, 0.3) is 10.1 Å². The summed E-state index contributed by atoms with van der Waals surface area (Å²) in [4.78, 5) is 22.8. The van der Waals surface area contributed by atoms with Crippen LogP contribution in [0, 0.1) is 0 Å². The standard InChI is InChI=1S/C16H16N2O7S/c1-2-24-16(20)25-13-8-6-11(7-9-13)17-15(19)18-12-4-3-5-14(10-12)26(21,22)23/h3-10H,2H2,1H3,(H2,17,18,19)(H,21,22,23). The summed E-state index contributed by atoms with van der Waals surface area (Å²) in [5, 5.41) is 4.96. The molecule has 0 saturated carbocycles. The van der Waals surface area contributed by atoms with Crippen LogP contribution in [0.4, 0.5) is 21.0 Å². The van der Waals surface area contributed by atoms with Gasteiger partial charge in [-0.05, 0) is 49.4 Å². The second-order valence-electron chi connectivity index (χ2n) is 4.89. The summed E-state index contributed by atoms with van der Waals surface area (Å²) in [5.41, 5.74) is 0.588. The lowest BCUT2D eigenvalue weighted by Gasteiger charge is -2.09. The first kappa shape index (κ1) is 19.2. The molecule has 3 N–H and O–H groups in total. The SMILES string of the molecule is CCOC(=O)Oc1ccc(NC(=O)Nc2cccc(S(=O)(=O)O)c2)cc1. The van der Waals surface area contributed by atoms with Gasteiger partial charge in [-0.15, -0.1) is 0 Å². The average Bonchev–Trinajstić information content (AvgIpc) is 2.56. The fourth-order valence-corrected chi connectivity index (χ4v) is 2.40. The zero-order chi connectivity index (χ0) is 19.2. The molecule has 0 fully saturated rings. The van der Waals surface area contributed by atoms with Crippen LogP contribution in [-0.2, 0) is 14.9 Å². The van der Waals surface area contributed by atoms with Crippen molar-refractivity contribution in [3.05, 3.63) is 48.5 Å². The smallest absolute Gasteiger partial charge is 0.434 e. The predicted octanol–water partition coefficient (Wildman–Crippen LogP) is 3.11. The van der Waals surface area contributed by atoms with E-state index < -0.39 is 22.3 Å². The Morgan fingerprint density at radius 1 is 1.04 bits per heavy atom. The number of carbonyl (C=O) groups is 2. The number of hydrogen-bond donors (Lipinski definition) is 3. The molecule has 2 rings (SSSR count). The Morgan fingerprint density at radius 3 is 2.31 bits per heavy atom. The second kappa shape index (κ2) is 8.32. The van der Waals surface area contributed by atoms with E-state index in [1.54, 1.807) is 6.92 Å². The van der Waals surface area contributed by atoms with E-state index >= 15 is 0 Å². The van der Waals surface area contributed by atoms with Gasteiger partial charge < -0.3 is 20.1 Å². The first-order chi connectivity index (χ1) is 12.3. The number of benzene rings is 2. The van der Waals surface area contributed by atoms with Crippen LogP contribution in [0.25, 0.3) is 0 Å². The Kier molecular flexibility index (Phi) is 6.15. The third-order valence-electron chi connectivity index (χ3n) is 2.97. The fourth-order valence-electron chi connectivity index (χ4n) is 1.88. The maximum absolute atomic E-state index is 12.0. The maximum Gasteiger partial charge on any atom is 0.513 e. The summed E-state index contributed by atoms with van der Waals surface area (Å²) < 4.78 is 40.7. The minimum absolute atomic E-state index is 0.180. The van der Waals surface area contributed by atoms with Gasteiger partial charge >= 0.3 is 12.2 Å². The molecule has 2 amide bonds. The van der Waals surface area contributed by atoms with E-state index in [0.29, 0.717) is 5.69 Å². The first-order valence-corrected chi connectivity index (χ1v) is 8.82. The molecular formula is C16H16N2O7S. The summed E-state index contributed by atoms with van der Waals surface area (Å²) in [7, 11) is -4.36. The minimum Gasteiger partial charge on any atom is -0.434 e. The normalized spacial score (nSPS) is 10.7. The second-order valence-corrected chi connectivity index (χ2v) is 6.31. The Labute approximate surface area is 149 Å². The van der Waals surface area contributed by atoms with Gasteiger partial charge in [-0.3, -0.25) is 4.55 Å². The van der Waals surface area contributed by atoms with Crippen molar-refractivity contribution in [2.75, 3.05) is 17.2 Å². The molecule has 26 heavy (non-hydrogen) atoms. The number of ether oxygens (including phenoxy) is 2. The van der Waals surface area contributed by atoms with E-state index in [4.69, 9.17) is 9.29 Å². The van der Waals surface area contributed by atoms with Crippen LogP contribution in [0.3, 0.4) is 0 Å². The zero-order valence-electron chi connectivity index (χ0n) is 13.6. The van der Waals surface area contributed by atoms with Gasteiger partial charge in [-0.25, -0.2) is 9.59 Å². The van der Waals surface area contributed by atoms with Crippen molar-refractivity contribution in [3.63, 3.8) is 0 Å². The number of urea groups is 1. The minimum atomic E-state index is -4.36. The van der Waals surface area contributed by atoms with Gasteiger partial charge in [-0.2, -0.15) is 8.42 Å². The van der Waals surface area contributed by atoms with Crippen molar-refractivity contribution in [1.29, 1.82) is 0 Å². The molecule has 10 heteroatoms. The highest BCUT2D eigenvalue weighted by atomic mass is 32.2. The molecule has 0 spiro atoms. The van der Waals surface area contributed by atoms with Crippen molar-refractivity contribution in [2.24, 2.45) is 0 Å². The zero-order valence-corrected chi connectivity index (χ0v) is 14.4. The molecule has 0 aliphatic rings. The molecule has 0 aromatic heterocycles. The van der Waals surface area contributed by atoms with E-state index in [0.717, 1.165) is 6.07 Å². The van der Waals surface area contributed by atoms with Crippen molar-refractivity contribution < 1.29 is 32.0 Å². The van der Waals surface area contributed by atoms with Crippen LogP contribution in [0.15, 0.2) is 53.4 Å². The summed E-state index contributed by atoms with van der Waals surface area (Å²) in [6.45, 7) is 1.84. The molecule has 2 aromatic rings. The number of nitrogens with one attached hydrogen (secondary N) is 2. The summed E-state index contributed by atoms with van der Waals surface area (Å²) >= 11 is 0. The molecule has 0 aliphatic carbocycles. The van der Waals surface area contributed by atoms with Gasteiger partial charge in [0.05, 0.1) is 11.5 Å². The van der Waals surface area contributed by atoms with Gasteiger partial charge in [0.1, 0.15) is 5.75 Å². The van der Waals surface area contributed by atoms with Gasteiger partial charge in [-0.1, -0.05) is 6.07 Å². The average molecular weight is 380 g/mol. The van der Waals surface area contributed by atoms with Crippen molar-refractivity contribution in [2.45, 2.75) is 11.8 Å². The van der Waals surface area contributed by atoms with Crippen molar-refractivity contribution in [1.82, 2.24) is 0 Å². The number of hydrogen-bond acceptors (Lipinski definition) is 6. The molecule has 0 atom stereocenters. The molecule has 138 valence electrons. The Hall–Kier alpha value is -3.11. The maximum atomic E-state index is 12.0. The van der Waals surface area contributed by atoms with E-state index in [2.05, 4.69) is 15.4 Å². The molecule has 0 saturated heterocycles. The van der Waals surface area contributed by atoms with E-state index in [-0.39, 0.29) is 22.9 Å². The molecule has 0 radical (unpaired) electrons. The third-order valence-corrected chi connectivity index (χ3v) is 3.81. The Bertz CT molecular complexity index is 895. The summed E-state index contributed by atoms with van der Waals surface area (Å²) in [6, 6.07) is 10.5. The highest BCUT2D eigenvalue weighted by Crippen LogP contribution is 2.18. The lowest BCUT2D eigenvalue weighted by Crippen LogP contribution is -2.19. The Balaban J connectivity index is 1.97.